The molecule has 1 aliphatic rings. The third-order valence-corrected chi connectivity index (χ3v) is 6.34. The standard InChI is InChI=1S/C10H12N2O5S2/c11-9(13)6-2-1-5-12(6)19(16,17)8-4-3-7(18-8)10(14)15/h3-4,6H,1-2,5H2,(H2,11,13)(H,14,15). The Balaban J connectivity index is 2.36. The fraction of sp³-hybridized carbons (Fsp3) is 0.400. The number of sulfonamides is 1. The van der Waals surface area contributed by atoms with Gasteiger partial charge in [-0.1, -0.05) is 0 Å². The van der Waals surface area contributed by atoms with Gasteiger partial charge in [-0.2, -0.15) is 4.31 Å². The van der Waals surface area contributed by atoms with E-state index in [0.29, 0.717) is 24.2 Å². The number of thiophene rings is 1. The van der Waals surface area contributed by atoms with Gasteiger partial charge in [0.25, 0.3) is 10.0 Å². The van der Waals surface area contributed by atoms with E-state index in [0.717, 1.165) is 4.31 Å². The minimum Gasteiger partial charge on any atom is -0.477 e. The molecule has 9 heteroatoms. The number of hydrogen-bond acceptors (Lipinski definition) is 5. The van der Waals surface area contributed by atoms with Gasteiger partial charge < -0.3 is 10.8 Å². The Kier molecular flexibility index (Phi) is 3.61. The number of primary amides is 1. The highest BCUT2D eigenvalue weighted by molar-refractivity contribution is 7.91. The summed E-state index contributed by atoms with van der Waals surface area (Å²) in [6.45, 7) is 0.218. The summed E-state index contributed by atoms with van der Waals surface area (Å²) in [5.74, 6) is -1.87. The third kappa shape index (κ3) is 2.48. The molecule has 0 aliphatic carbocycles. The minimum absolute atomic E-state index is 0.0617. The average Bonchev–Trinajstić information content (AvgIpc) is 2.98. The second kappa shape index (κ2) is 4.91. The molecule has 2 heterocycles. The molecule has 104 valence electrons. The molecule has 1 aromatic heterocycles. The van der Waals surface area contributed by atoms with Gasteiger partial charge in [0.2, 0.25) is 5.91 Å². The first-order chi connectivity index (χ1) is 8.84. The van der Waals surface area contributed by atoms with Gasteiger partial charge in [0.1, 0.15) is 15.1 Å². The second-order valence-corrected chi connectivity index (χ2v) is 7.30. The molecule has 1 saturated heterocycles. The van der Waals surface area contributed by atoms with Crippen molar-refractivity contribution >= 4 is 33.2 Å². The zero-order chi connectivity index (χ0) is 14.2. The van der Waals surface area contributed by atoms with Crippen LogP contribution in [-0.2, 0) is 14.8 Å². The van der Waals surface area contributed by atoms with E-state index in [4.69, 9.17) is 10.8 Å². The van der Waals surface area contributed by atoms with Crippen molar-refractivity contribution in [2.75, 3.05) is 6.54 Å². The summed E-state index contributed by atoms with van der Waals surface area (Å²) in [4.78, 5) is 21.9. The van der Waals surface area contributed by atoms with Crippen molar-refractivity contribution in [2.45, 2.75) is 23.1 Å². The number of carbonyl (C=O) groups is 2. The van der Waals surface area contributed by atoms with Crippen LogP contribution in [0.4, 0.5) is 0 Å². The molecule has 0 saturated carbocycles. The number of hydrogen-bond donors (Lipinski definition) is 2. The molecule has 2 rings (SSSR count). The molecule has 1 fully saturated rings. The van der Waals surface area contributed by atoms with Gasteiger partial charge in [-0.05, 0) is 25.0 Å². The molecule has 3 N–H and O–H groups in total. The molecule has 1 amide bonds. The third-order valence-electron chi connectivity index (χ3n) is 2.89. The van der Waals surface area contributed by atoms with Crippen molar-refractivity contribution in [1.82, 2.24) is 4.31 Å². The van der Waals surface area contributed by atoms with Crippen LogP contribution in [0, 0.1) is 0 Å². The normalized spacial score (nSPS) is 20.5. The Bertz CT molecular complexity index is 622. The summed E-state index contributed by atoms with van der Waals surface area (Å²) in [6, 6.07) is 1.62. The fourth-order valence-electron chi connectivity index (χ4n) is 2.00. The first kappa shape index (κ1) is 14.0. The maximum absolute atomic E-state index is 12.3. The van der Waals surface area contributed by atoms with E-state index in [-0.39, 0.29) is 15.6 Å². The Morgan fingerprint density at radius 1 is 1.42 bits per heavy atom. The summed E-state index contributed by atoms with van der Waals surface area (Å²) in [5.41, 5.74) is 5.18. The van der Waals surface area contributed by atoms with Crippen LogP contribution in [-0.4, -0.2) is 42.3 Å². The SMILES string of the molecule is NC(=O)C1CCCN1S(=O)(=O)c1ccc(C(=O)O)s1. The van der Waals surface area contributed by atoms with E-state index in [1.54, 1.807) is 0 Å². The van der Waals surface area contributed by atoms with Crippen LogP contribution in [0.3, 0.4) is 0 Å². The van der Waals surface area contributed by atoms with Crippen LogP contribution in [0.2, 0.25) is 0 Å². The summed E-state index contributed by atoms with van der Waals surface area (Å²) < 4.78 is 25.6. The Hall–Kier alpha value is -1.45. The number of carboxylic acid groups (broad SMARTS) is 1. The van der Waals surface area contributed by atoms with Gasteiger partial charge in [-0.3, -0.25) is 4.79 Å². The molecule has 7 nitrogen and oxygen atoms in total. The smallest absolute Gasteiger partial charge is 0.345 e. The van der Waals surface area contributed by atoms with Crippen LogP contribution in [0.5, 0.6) is 0 Å². The Morgan fingerprint density at radius 3 is 2.63 bits per heavy atom. The minimum atomic E-state index is -3.86. The fourth-order valence-corrected chi connectivity index (χ4v) is 4.94. The molecular weight excluding hydrogens is 292 g/mol. The highest BCUT2D eigenvalue weighted by Crippen LogP contribution is 2.30. The summed E-state index contributed by atoms with van der Waals surface area (Å²) in [7, 11) is -3.86. The maximum Gasteiger partial charge on any atom is 0.345 e. The molecule has 0 aromatic carbocycles. The largest absolute Gasteiger partial charge is 0.477 e. The molecule has 0 radical (unpaired) electrons. The second-order valence-electron chi connectivity index (χ2n) is 4.10. The Labute approximate surface area is 113 Å². The van der Waals surface area contributed by atoms with Crippen molar-refractivity contribution in [1.29, 1.82) is 0 Å². The van der Waals surface area contributed by atoms with Gasteiger partial charge in [-0.15, -0.1) is 11.3 Å². The van der Waals surface area contributed by atoms with Gasteiger partial charge >= 0.3 is 5.97 Å². The molecular formula is C10H12N2O5S2. The molecule has 1 atom stereocenters. The van der Waals surface area contributed by atoms with E-state index >= 15 is 0 Å². The first-order valence-electron chi connectivity index (χ1n) is 5.48. The van der Waals surface area contributed by atoms with Gasteiger partial charge in [-0.25, -0.2) is 13.2 Å². The lowest BCUT2D eigenvalue weighted by Crippen LogP contribution is -2.43. The molecule has 1 unspecified atom stereocenters. The number of carbonyl (C=O) groups excluding carboxylic acids is 1. The number of carboxylic acids is 1. The zero-order valence-electron chi connectivity index (χ0n) is 9.77. The van der Waals surface area contributed by atoms with E-state index in [9.17, 15) is 18.0 Å². The summed E-state index contributed by atoms with van der Waals surface area (Å²) >= 11 is 0.667. The quantitative estimate of drug-likeness (QED) is 0.817. The number of nitrogens with zero attached hydrogens (tertiary/aromatic N) is 1. The number of nitrogens with two attached hydrogens (primary N) is 1. The van der Waals surface area contributed by atoms with Crippen LogP contribution < -0.4 is 5.73 Å². The van der Waals surface area contributed by atoms with Crippen LogP contribution >= 0.6 is 11.3 Å². The van der Waals surface area contributed by atoms with E-state index in [1.807, 2.05) is 0 Å². The molecule has 0 bridgehead atoms. The predicted molar refractivity (Wildman–Crippen MR) is 67.4 cm³/mol. The van der Waals surface area contributed by atoms with Crippen molar-refractivity contribution in [2.24, 2.45) is 5.73 Å². The lowest BCUT2D eigenvalue weighted by atomic mass is 10.2. The highest BCUT2D eigenvalue weighted by Gasteiger charge is 2.39. The van der Waals surface area contributed by atoms with Crippen molar-refractivity contribution in [3.8, 4) is 0 Å². The van der Waals surface area contributed by atoms with Crippen LogP contribution in [0.25, 0.3) is 0 Å². The van der Waals surface area contributed by atoms with Gasteiger partial charge in [0, 0.05) is 6.54 Å². The van der Waals surface area contributed by atoms with E-state index in [1.165, 1.54) is 12.1 Å². The summed E-state index contributed by atoms with van der Waals surface area (Å²) in [6.07, 6.45) is 0.954. The number of aromatic carboxylic acids is 1. The first-order valence-corrected chi connectivity index (χ1v) is 7.74. The molecule has 0 spiro atoms. The lowest BCUT2D eigenvalue weighted by Gasteiger charge is -2.20. The van der Waals surface area contributed by atoms with Crippen LogP contribution in [0.15, 0.2) is 16.3 Å². The topological polar surface area (TPSA) is 118 Å². The van der Waals surface area contributed by atoms with Crippen molar-refractivity contribution in [3.63, 3.8) is 0 Å². The lowest BCUT2D eigenvalue weighted by molar-refractivity contribution is -0.121. The highest BCUT2D eigenvalue weighted by atomic mass is 32.2. The molecule has 1 aromatic rings. The monoisotopic (exact) mass is 304 g/mol. The van der Waals surface area contributed by atoms with Crippen LogP contribution in [0.1, 0.15) is 22.5 Å². The van der Waals surface area contributed by atoms with Crippen molar-refractivity contribution < 1.29 is 23.1 Å². The predicted octanol–water partition coefficient (Wildman–Crippen LogP) is 0.0847. The Morgan fingerprint density at radius 2 is 2.11 bits per heavy atom. The van der Waals surface area contributed by atoms with E-state index < -0.39 is 27.9 Å². The molecule has 1 aliphatic heterocycles. The zero-order valence-corrected chi connectivity index (χ0v) is 11.4. The maximum atomic E-state index is 12.3. The number of amides is 1. The van der Waals surface area contributed by atoms with Crippen molar-refractivity contribution in [3.05, 3.63) is 17.0 Å². The molecule has 19 heavy (non-hydrogen) atoms. The van der Waals surface area contributed by atoms with Gasteiger partial charge in [0.05, 0.1) is 0 Å². The number of rotatable bonds is 4. The average molecular weight is 304 g/mol. The van der Waals surface area contributed by atoms with E-state index in [2.05, 4.69) is 0 Å². The van der Waals surface area contributed by atoms with Gasteiger partial charge in [0.15, 0.2) is 0 Å². The summed E-state index contributed by atoms with van der Waals surface area (Å²) in [5, 5.41) is 8.80.